The van der Waals surface area contributed by atoms with Crippen molar-refractivity contribution in [1.82, 2.24) is 0 Å². The molecule has 1 amide bonds. The summed E-state index contributed by atoms with van der Waals surface area (Å²) >= 11 is 0. The van der Waals surface area contributed by atoms with Crippen LogP contribution in [-0.2, 0) is 15.6 Å². The Morgan fingerprint density at radius 2 is 1.65 bits per heavy atom. The van der Waals surface area contributed by atoms with Gasteiger partial charge in [-0.1, -0.05) is 0 Å². The number of ketones is 1. The molecular formula is C18H16FNO5S. The van der Waals surface area contributed by atoms with Crippen LogP contribution in [0.3, 0.4) is 0 Å². The second kappa shape index (κ2) is 8.48. The van der Waals surface area contributed by atoms with E-state index in [0.29, 0.717) is 11.3 Å². The number of benzene rings is 2. The maximum absolute atomic E-state index is 13.2. The van der Waals surface area contributed by atoms with Crippen molar-refractivity contribution in [2.75, 3.05) is 16.8 Å². The highest BCUT2D eigenvalue weighted by Gasteiger charge is 2.15. The number of aryl methyl sites for hydroxylation is 1. The highest BCUT2D eigenvalue weighted by atomic mass is 32.2. The number of carboxylic acid groups (broad SMARTS) is 1. The van der Waals surface area contributed by atoms with Crippen LogP contribution in [0.15, 0.2) is 42.5 Å². The van der Waals surface area contributed by atoms with Crippen molar-refractivity contribution in [3.63, 3.8) is 0 Å². The molecule has 0 aliphatic rings. The van der Waals surface area contributed by atoms with Crippen LogP contribution in [0.1, 0.15) is 26.3 Å². The Morgan fingerprint density at radius 1 is 1.04 bits per heavy atom. The maximum Gasteiger partial charge on any atom is 0.335 e. The molecule has 1 atom stereocenters. The molecule has 0 radical (unpaired) electrons. The number of hydrogen-bond donors (Lipinski definition) is 2. The van der Waals surface area contributed by atoms with Crippen molar-refractivity contribution in [2.24, 2.45) is 0 Å². The smallest absolute Gasteiger partial charge is 0.335 e. The third-order valence-corrected chi connectivity index (χ3v) is 4.65. The molecule has 2 aromatic carbocycles. The predicted octanol–water partition coefficient (Wildman–Crippen LogP) is 2.40. The van der Waals surface area contributed by atoms with Gasteiger partial charge < -0.3 is 10.4 Å². The Morgan fingerprint density at radius 3 is 2.23 bits per heavy atom. The van der Waals surface area contributed by atoms with Crippen molar-refractivity contribution in [3.05, 3.63) is 65.0 Å². The number of rotatable bonds is 7. The van der Waals surface area contributed by atoms with Gasteiger partial charge >= 0.3 is 5.97 Å². The molecule has 136 valence electrons. The Hall–Kier alpha value is -2.87. The molecule has 1 unspecified atom stereocenters. The quantitative estimate of drug-likeness (QED) is 0.722. The SMILES string of the molecule is Cc1cc(C(=O)CS(=O)CC(=O)Nc2ccc(C(=O)O)cc2)ccc1F. The van der Waals surface area contributed by atoms with Gasteiger partial charge in [0.1, 0.15) is 11.6 Å². The summed E-state index contributed by atoms with van der Waals surface area (Å²) in [4.78, 5) is 34.7. The number of hydrogen-bond acceptors (Lipinski definition) is 4. The zero-order valence-electron chi connectivity index (χ0n) is 13.8. The lowest BCUT2D eigenvalue weighted by Gasteiger charge is -2.06. The largest absolute Gasteiger partial charge is 0.478 e. The third-order valence-electron chi connectivity index (χ3n) is 3.48. The summed E-state index contributed by atoms with van der Waals surface area (Å²) < 4.78 is 25.2. The normalized spacial score (nSPS) is 11.6. The number of halogens is 1. The second-order valence-electron chi connectivity index (χ2n) is 5.55. The van der Waals surface area contributed by atoms with E-state index in [-0.39, 0.29) is 22.6 Å². The average molecular weight is 377 g/mol. The zero-order chi connectivity index (χ0) is 19.3. The number of carbonyl (C=O) groups is 3. The van der Waals surface area contributed by atoms with Crippen LogP contribution in [0.5, 0.6) is 0 Å². The van der Waals surface area contributed by atoms with Gasteiger partial charge in [0.05, 0.1) is 11.3 Å². The topological polar surface area (TPSA) is 101 Å². The predicted molar refractivity (Wildman–Crippen MR) is 95.4 cm³/mol. The molecule has 2 rings (SSSR count). The standard InChI is InChI=1S/C18H16FNO5S/c1-11-8-13(4-7-15(11)19)16(21)9-26(25)10-17(22)20-14-5-2-12(3-6-14)18(23)24/h2-8H,9-10H2,1H3,(H,20,22)(H,23,24). The highest BCUT2D eigenvalue weighted by Crippen LogP contribution is 2.11. The van der Waals surface area contributed by atoms with Crippen LogP contribution in [0.25, 0.3) is 0 Å². The summed E-state index contributed by atoms with van der Waals surface area (Å²) in [6, 6.07) is 9.34. The summed E-state index contributed by atoms with van der Waals surface area (Å²) in [5.74, 6) is -3.25. The zero-order valence-corrected chi connectivity index (χ0v) is 14.6. The van der Waals surface area contributed by atoms with Crippen molar-refractivity contribution >= 4 is 34.1 Å². The Bertz CT molecular complexity index is 880. The molecule has 2 aromatic rings. The first-order chi connectivity index (χ1) is 12.3. The lowest BCUT2D eigenvalue weighted by molar-refractivity contribution is -0.113. The van der Waals surface area contributed by atoms with Gasteiger partial charge in [-0.2, -0.15) is 0 Å². The van der Waals surface area contributed by atoms with Crippen molar-refractivity contribution in [2.45, 2.75) is 6.92 Å². The third kappa shape index (κ3) is 5.32. The number of carboxylic acids is 1. The number of carbonyl (C=O) groups excluding carboxylic acids is 2. The van der Waals surface area contributed by atoms with Crippen LogP contribution in [0, 0.1) is 12.7 Å². The molecular weight excluding hydrogens is 361 g/mol. The molecule has 0 spiro atoms. The Balaban J connectivity index is 1.90. The fourth-order valence-corrected chi connectivity index (χ4v) is 3.06. The molecule has 2 N–H and O–H groups in total. The van der Waals surface area contributed by atoms with Crippen LogP contribution in [0.4, 0.5) is 10.1 Å². The fourth-order valence-electron chi connectivity index (χ4n) is 2.14. The van der Waals surface area contributed by atoms with E-state index in [1.54, 1.807) is 0 Å². The minimum atomic E-state index is -1.73. The van der Waals surface area contributed by atoms with Crippen molar-refractivity contribution < 1.29 is 28.1 Å². The van der Waals surface area contributed by atoms with Gasteiger partial charge in [-0.05, 0) is 55.0 Å². The van der Waals surface area contributed by atoms with Crippen LogP contribution in [-0.4, -0.2) is 38.5 Å². The van der Waals surface area contributed by atoms with Crippen molar-refractivity contribution in [1.29, 1.82) is 0 Å². The maximum atomic E-state index is 13.2. The van der Waals surface area contributed by atoms with E-state index in [2.05, 4.69) is 5.32 Å². The number of amides is 1. The monoisotopic (exact) mass is 377 g/mol. The summed E-state index contributed by atoms with van der Waals surface area (Å²) in [5, 5.41) is 11.3. The first kappa shape index (κ1) is 19.5. The molecule has 0 aromatic heterocycles. The van der Waals surface area contributed by atoms with E-state index >= 15 is 0 Å². The first-order valence-electron chi connectivity index (χ1n) is 7.54. The Kier molecular flexibility index (Phi) is 6.35. The summed E-state index contributed by atoms with van der Waals surface area (Å²) in [5.41, 5.74) is 0.982. The van der Waals surface area contributed by atoms with Crippen LogP contribution >= 0.6 is 0 Å². The van der Waals surface area contributed by atoms with Gasteiger partial charge in [0.15, 0.2) is 5.78 Å². The lowest BCUT2D eigenvalue weighted by Crippen LogP contribution is -2.23. The summed E-state index contributed by atoms with van der Waals surface area (Å²) in [6.07, 6.45) is 0. The van der Waals surface area contributed by atoms with Crippen molar-refractivity contribution in [3.8, 4) is 0 Å². The van der Waals surface area contributed by atoms with Crippen LogP contribution < -0.4 is 5.32 Å². The highest BCUT2D eigenvalue weighted by molar-refractivity contribution is 7.86. The van der Waals surface area contributed by atoms with E-state index < -0.39 is 34.3 Å². The molecule has 0 bridgehead atoms. The number of nitrogens with one attached hydrogen (secondary N) is 1. The average Bonchev–Trinajstić information content (AvgIpc) is 2.57. The van der Waals surface area contributed by atoms with Gasteiger partial charge in [-0.3, -0.25) is 13.8 Å². The lowest BCUT2D eigenvalue weighted by atomic mass is 10.1. The van der Waals surface area contributed by atoms with Gasteiger partial charge in [-0.25, -0.2) is 9.18 Å². The summed E-state index contributed by atoms with van der Waals surface area (Å²) in [7, 11) is -1.73. The van der Waals surface area contributed by atoms with E-state index in [1.807, 2.05) is 0 Å². The number of aromatic carboxylic acids is 1. The van der Waals surface area contributed by atoms with E-state index in [0.717, 1.165) is 0 Å². The van der Waals surface area contributed by atoms with E-state index in [9.17, 15) is 23.0 Å². The molecule has 0 aliphatic carbocycles. The Labute approximate surface area is 151 Å². The van der Waals surface area contributed by atoms with Gasteiger partial charge in [0, 0.05) is 22.1 Å². The van der Waals surface area contributed by atoms with Gasteiger partial charge in [0.2, 0.25) is 5.91 Å². The molecule has 0 heterocycles. The van der Waals surface area contributed by atoms with E-state index in [4.69, 9.17) is 5.11 Å². The van der Waals surface area contributed by atoms with Crippen LogP contribution in [0.2, 0.25) is 0 Å². The molecule has 0 fully saturated rings. The molecule has 0 aliphatic heterocycles. The second-order valence-corrected chi connectivity index (χ2v) is 7.00. The molecule has 0 saturated carbocycles. The summed E-state index contributed by atoms with van der Waals surface area (Å²) in [6.45, 7) is 1.52. The number of anilines is 1. The molecule has 0 saturated heterocycles. The molecule has 8 heteroatoms. The molecule has 26 heavy (non-hydrogen) atoms. The molecule has 6 nitrogen and oxygen atoms in total. The fraction of sp³-hybridized carbons (Fsp3) is 0.167. The minimum Gasteiger partial charge on any atom is -0.478 e. The van der Waals surface area contributed by atoms with E-state index in [1.165, 1.54) is 49.4 Å². The number of Topliss-reactive ketones (excluding diaryl/α,β-unsaturated/α-hetero) is 1. The van der Waals surface area contributed by atoms with Gasteiger partial charge in [0.25, 0.3) is 0 Å². The first-order valence-corrected chi connectivity index (χ1v) is 9.02. The van der Waals surface area contributed by atoms with Gasteiger partial charge in [-0.15, -0.1) is 0 Å². The minimum absolute atomic E-state index is 0.0757.